The van der Waals surface area contributed by atoms with Gasteiger partial charge in [0.25, 0.3) is 11.5 Å². The molecule has 0 aliphatic carbocycles. The van der Waals surface area contributed by atoms with Gasteiger partial charge in [0.1, 0.15) is 16.9 Å². The summed E-state index contributed by atoms with van der Waals surface area (Å²) < 4.78 is 14.5. The Kier molecular flexibility index (Phi) is 7.31. The Morgan fingerprint density at radius 2 is 1.85 bits per heavy atom. The summed E-state index contributed by atoms with van der Waals surface area (Å²) >= 11 is 0. The standard InChI is InChI=1S/C24H27FN4O5/c1-14(31)26-8-9-29-18-11-16(10-15-4-6-17(25)7-5-15)12-27-20(18)21(32)19(23(29)34)22(33)28-24(2,3)13-30/h4-7,11-12,30,32H,8-10,13H2,1-3H3,(H,26,31)(H,28,33). The van der Waals surface area contributed by atoms with Gasteiger partial charge < -0.3 is 25.4 Å². The number of aromatic hydroxyl groups is 1. The largest absolute Gasteiger partial charge is 0.505 e. The van der Waals surface area contributed by atoms with Crippen LogP contribution in [0.1, 0.15) is 42.3 Å². The van der Waals surface area contributed by atoms with Gasteiger partial charge >= 0.3 is 0 Å². The van der Waals surface area contributed by atoms with Gasteiger partial charge in [-0.25, -0.2) is 4.39 Å². The van der Waals surface area contributed by atoms with E-state index in [1.165, 1.54) is 29.8 Å². The molecule has 3 rings (SSSR count). The first-order valence-corrected chi connectivity index (χ1v) is 10.7. The Morgan fingerprint density at radius 3 is 2.47 bits per heavy atom. The van der Waals surface area contributed by atoms with Gasteiger partial charge in [0.05, 0.1) is 17.7 Å². The number of carbonyl (C=O) groups excluding carboxylic acids is 2. The number of amides is 2. The summed E-state index contributed by atoms with van der Waals surface area (Å²) in [4.78, 5) is 41.8. The summed E-state index contributed by atoms with van der Waals surface area (Å²) in [5.41, 5.74) is -0.454. The van der Waals surface area contributed by atoms with Crippen molar-refractivity contribution in [1.29, 1.82) is 0 Å². The number of nitrogens with zero attached hydrogens (tertiary/aromatic N) is 2. The van der Waals surface area contributed by atoms with Crippen molar-refractivity contribution in [2.45, 2.75) is 39.3 Å². The lowest BCUT2D eigenvalue weighted by molar-refractivity contribution is -0.118. The van der Waals surface area contributed by atoms with Gasteiger partial charge in [-0.15, -0.1) is 0 Å². The van der Waals surface area contributed by atoms with Crippen molar-refractivity contribution in [2.24, 2.45) is 0 Å². The van der Waals surface area contributed by atoms with Crippen molar-refractivity contribution in [3.05, 3.63) is 69.4 Å². The number of fused-ring (bicyclic) bond motifs is 1. The zero-order chi connectivity index (χ0) is 25.0. The number of aliphatic hydroxyl groups excluding tert-OH is 1. The van der Waals surface area contributed by atoms with Crippen LogP contribution < -0.4 is 16.2 Å². The van der Waals surface area contributed by atoms with E-state index in [0.29, 0.717) is 12.0 Å². The lowest BCUT2D eigenvalue weighted by atomic mass is 10.0. The molecule has 4 N–H and O–H groups in total. The Morgan fingerprint density at radius 1 is 1.18 bits per heavy atom. The minimum atomic E-state index is -1.03. The van der Waals surface area contributed by atoms with E-state index in [0.717, 1.165) is 5.56 Å². The van der Waals surface area contributed by atoms with Gasteiger partial charge in [0.2, 0.25) is 5.91 Å². The first-order valence-electron chi connectivity index (χ1n) is 10.7. The normalized spacial score (nSPS) is 11.4. The van der Waals surface area contributed by atoms with Crippen LogP contribution in [-0.4, -0.2) is 50.3 Å². The quantitative estimate of drug-likeness (QED) is 0.394. The van der Waals surface area contributed by atoms with Crippen LogP contribution in [0.4, 0.5) is 4.39 Å². The minimum Gasteiger partial charge on any atom is -0.505 e. The molecule has 0 unspecified atom stereocenters. The zero-order valence-corrected chi connectivity index (χ0v) is 19.2. The highest BCUT2D eigenvalue weighted by atomic mass is 19.1. The number of benzene rings is 1. The number of nitrogens with one attached hydrogen (secondary N) is 2. The summed E-state index contributed by atoms with van der Waals surface area (Å²) in [5.74, 6) is -2.06. The molecule has 180 valence electrons. The smallest absolute Gasteiger partial charge is 0.267 e. The predicted octanol–water partition coefficient (Wildman–Crippen LogP) is 1.47. The molecule has 0 aliphatic rings. The van der Waals surface area contributed by atoms with Crippen LogP contribution in [0.25, 0.3) is 11.0 Å². The number of carbonyl (C=O) groups is 2. The molecule has 0 saturated heterocycles. The van der Waals surface area contributed by atoms with Crippen molar-refractivity contribution in [3.63, 3.8) is 0 Å². The van der Waals surface area contributed by atoms with Crippen LogP contribution >= 0.6 is 0 Å². The number of aromatic nitrogens is 2. The zero-order valence-electron chi connectivity index (χ0n) is 19.2. The summed E-state index contributed by atoms with van der Waals surface area (Å²) in [5, 5.41) is 25.4. The van der Waals surface area contributed by atoms with Crippen LogP contribution in [-0.2, 0) is 17.8 Å². The maximum Gasteiger partial charge on any atom is 0.267 e. The van der Waals surface area contributed by atoms with E-state index in [1.807, 2.05) is 0 Å². The molecule has 10 heteroatoms. The second-order valence-electron chi connectivity index (χ2n) is 8.67. The van der Waals surface area contributed by atoms with Gasteiger partial charge in [0, 0.05) is 26.2 Å². The predicted molar refractivity (Wildman–Crippen MR) is 124 cm³/mol. The summed E-state index contributed by atoms with van der Waals surface area (Å²) in [7, 11) is 0. The number of hydrogen-bond donors (Lipinski definition) is 4. The van der Waals surface area contributed by atoms with Crippen molar-refractivity contribution in [1.82, 2.24) is 20.2 Å². The molecule has 0 spiro atoms. The average Bonchev–Trinajstić information content (AvgIpc) is 2.77. The van der Waals surface area contributed by atoms with Crippen LogP contribution in [0.2, 0.25) is 0 Å². The molecular weight excluding hydrogens is 443 g/mol. The summed E-state index contributed by atoms with van der Waals surface area (Å²) in [6.45, 7) is 4.24. The van der Waals surface area contributed by atoms with E-state index in [9.17, 15) is 29.0 Å². The van der Waals surface area contributed by atoms with Gasteiger partial charge in [-0.2, -0.15) is 0 Å². The number of aliphatic hydroxyl groups is 1. The molecule has 1 aromatic carbocycles. The molecule has 0 bridgehead atoms. The highest BCUT2D eigenvalue weighted by molar-refractivity contribution is 6.01. The molecule has 9 nitrogen and oxygen atoms in total. The van der Waals surface area contributed by atoms with Crippen molar-refractivity contribution in [3.8, 4) is 5.75 Å². The fraction of sp³-hybridized carbons (Fsp3) is 0.333. The van der Waals surface area contributed by atoms with Crippen LogP contribution in [0.15, 0.2) is 41.3 Å². The second kappa shape index (κ2) is 10.0. The maximum absolute atomic E-state index is 13.3. The van der Waals surface area contributed by atoms with Crippen molar-refractivity contribution < 1.29 is 24.2 Å². The molecule has 3 aromatic rings. The Balaban J connectivity index is 2.12. The SMILES string of the molecule is CC(=O)NCCn1c(=O)c(C(=O)NC(C)(C)CO)c(O)c2ncc(Cc3ccc(F)cc3)cc21. The lowest BCUT2D eigenvalue weighted by Crippen LogP contribution is -2.48. The van der Waals surface area contributed by atoms with Gasteiger partial charge in [0.15, 0.2) is 5.75 Å². The second-order valence-corrected chi connectivity index (χ2v) is 8.67. The topological polar surface area (TPSA) is 134 Å². The number of halogens is 1. The lowest BCUT2D eigenvalue weighted by Gasteiger charge is -2.24. The molecule has 2 heterocycles. The van der Waals surface area contributed by atoms with Crippen molar-refractivity contribution >= 4 is 22.8 Å². The maximum atomic E-state index is 13.3. The Hall–Kier alpha value is -3.79. The number of rotatable bonds is 8. The van der Waals surface area contributed by atoms with Crippen LogP contribution in [0.5, 0.6) is 5.75 Å². The van der Waals surface area contributed by atoms with Gasteiger partial charge in [-0.1, -0.05) is 12.1 Å². The van der Waals surface area contributed by atoms with Gasteiger partial charge in [-0.3, -0.25) is 19.4 Å². The minimum absolute atomic E-state index is 0.0283. The fourth-order valence-electron chi connectivity index (χ4n) is 3.46. The molecule has 0 aliphatic heterocycles. The third kappa shape index (κ3) is 5.57. The first-order chi connectivity index (χ1) is 16.0. The Bertz CT molecular complexity index is 1290. The monoisotopic (exact) mass is 470 g/mol. The molecule has 0 radical (unpaired) electrons. The Labute approximate surface area is 195 Å². The molecule has 2 aromatic heterocycles. The van der Waals surface area contributed by atoms with E-state index in [1.54, 1.807) is 32.0 Å². The first kappa shape index (κ1) is 24.8. The highest BCUT2D eigenvalue weighted by Crippen LogP contribution is 2.26. The third-order valence-corrected chi connectivity index (χ3v) is 5.24. The van der Waals surface area contributed by atoms with E-state index >= 15 is 0 Å². The molecular formula is C24H27FN4O5. The molecule has 2 amide bonds. The van der Waals surface area contributed by atoms with Crippen molar-refractivity contribution in [2.75, 3.05) is 13.2 Å². The van der Waals surface area contributed by atoms with E-state index < -0.39 is 28.3 Å². The summed E-state index contributed by atoms with van der Waals surface area (Å²) in [6, 6.07) is 7.63. The number of hydrogen-bond acceptors (Lipinski definition) is 6. The molecule has 0 atom stereocenters. The van der Waals surface area contributed by atoms with Gasteiger partial charge in [-0.05, 0) is 49.6 Å². The fourth-order valence-corrected chi connectivity index (χ4v) is 3.46. The van der Waals surface area contributed by atoms with E-state index in [4.69, 9.17) is 0 Å². The van der Waals surface area contributed by atoms with E-state index in [-0.39, 0.29) is 42.5 Å². The third-order valence-electron chi connectivity index (χ3n) is 5.24. The highest BCUT2D eigenvalue weighted by Gasteiger charge is 2.27. The summed E-state index contributed by atoms with van der Waals surface area (Å²) in [6.07, 6.45) is 1.91. The van der Waals surface area contributed by atoms with Crippen LogP contribution in [0, 0.1) is 5.82 Å². The average molecular weight is 471 g/mol. The van der Waals surface area contributed by atoms with Crippen LogP contribution in [0.3, 0.4) is 0 Å². The number of pyridine rings is 2. The molecule has 0 saturated carbocycles. The van der Waals surface area contributed by atoms with E-state index in [2.05, 4.69) is 15.6 Å². The molecule has 0 fully saturated rings. The molecule has 34 heavy (non-hydrogen) atoms.